The fourth-order valence-electron chi connectivity index (χ4n) is 5.63. The average molecular weight is 698 g/mol. The normalized spacial score (nSPS) is 17.2. The van der Waals surface area contributed by atoms with E-state index in [1.807, 2.05) is 67.6 Å². The van der Waals surface area contributed by atoms with Gasteiger partial charge in [-0.1, -0.05) is 65.8 Å². The number of benzene rings is 1. The van der Waals surface area contributed by atoms with Crippen molar-refractivity contribution in [2.24, 2.45) is 0 Å². The summed E-state index contributed by atoms with van der Waals surface area (Å²) in [5, 5.41) is 17.0. The van der Waals surface area contributed by atoms with Crippen LogP contribution in [0.3, 0.4) is 0 Å². The van der Waals surface area contributed by atoms with Crippen LogP contribution >= 0.6 is 0 Å². The third kappa shape index (κ3) is 8.58. The van der Waals surface area contributed by atoms with Crippen molar-refractivity contribution in [2.45, 2.75) is 64.0 Å². The number of hydrogen-bond donors (Lipinski definition) is 3. The summed E-state index contributed by atoms with van der Waals surface area (Å²) in [6, 6.07) is 11.9. The molecule has 0 saturated heterocycles. The van der Waals surface area contributed by atoms with Gasteiger partial charge in [-0.15, -0.1) is 10.2 Å². The highest BCUT2D eigenvalue weighted by Crippen LogP contribution is 2.37. The van der Waals surface area contributed by atoms with E-state index in [1.54, 1.807) is 37.5 Å². The van der Waals surface area contributed by atoms with Gasteiger partial charge in [0.15, 0.2) is 11.9 Å². The molecule has 0 aliphatic heterocycles. The molecule has 3 heterocycles. The number of carbonyl (C=O) groups is 3. The van der Waals surface area contributed by atoms with Crippen LogP contribution in [-0.4, -0.2) is 88.1 Å². The van der Waals surface area contributed by atoms with Crippen LogP contribution in [0.25, 0.3) is 5.65 Å². The van der Waals surface area contributed by atoms with Gasteiger partial charge in [0.05, 0.1) is 18.5 Å². The predicted molar refractivity (Wildman–Crippen MR) is 193 cm³/mol. The first-order valence-corrected chi connectivity index (χ1v) is 16.8. The standard InChI is InChI=1S/C37H47N9O5/c1-35(2,3)28-21-29(40-31(39-28)32(48)38-17-18-45(7)19-20-50-8)41-34(49)42-37(23-47)16-15-27(25-11-9-10-12-26(25)37)51-24-13-14-30-43-44-33(36(4,5)6)46(30)22-24/h9-16,21-23,27H,17-20H2,1-8H3,(H,38,48)(H2,39,40,41,42,49)/t27-,37-/m1/s1. The second-order valence-electron chi connectivity index (χ2n) is 14.7. The van der Waals surface area contributed by atoms with Gasteiger partial charge >= 0.3 is 6.03 Å². The molecular formula is C37H47N9O5. The fourth-order valence-corrected chi connectivity index (χ4v) is 5.63. The van der Waals surface area contributed by atoms with Crippen LogP contribution in [0.1, 0.15) is 80.9 Å². The summed E-state index contributed by atoms with van der Waals surface area (Å²) < 4.78 is 13.4. The maximum atomic E-state index is 13.6. The van der Waals surface area contributed by atoms with E-state index in [0.29, 0.717) is 54.2 Å². The van der Waals surface area contributed by atoms with Gasteiger partial charge in [-0.25, -0.2) is 14.8 Å². The number of methoxy groups -OCH3 is 1. The summed E-state index contributed by atoms with van der Waals surface area (Å²) in [5.41, 5.74) is 0.321. The Balaban J connectivity index is 1.35. The Labute approximate surface area is 298 Å². The monoisotopic (exact) mass is 697 g/mol. The van der Waals surface area contributed by atoms with Crippen molar-refractivity contribution < 1.29 is 23.9 Å². The Bertz CT molecular complexity index is 1930. The number of likely N-dealkylation sites (N-methyl/N-ethyl adjacent to an activating group) is 1. The molecule has 0 radical (unpaired) electrons. The van der Waals surface area contributed by atoms with Crippen LogP contribution in [0, 0.1) is 0 Å². The van der Waals surface area contributed by atoms with E-state index in [1.165, 1.54) is 0 Å². The summed E-state index contributed by atoms with van der Waals surface area (Å²) in [5.74, 6) is 0.944. The number of carbonyl (C=O) groups excluding carboxylic acids is 3. The average Bonchev–Trinajstić information content (AvgIpc) is 3.52. The molecule has 0 fully saturated rings. The van der Waals surface area contributed by atoms with Crippen LogP contribution < -0.4 is 20.7 Å². The minimum atomic E-state index is -1.51. The molecule has 2 atom stereocenters. The summed E-state index contributed by atoms with van der Waals surface area (Å²) >= 11 is 0. The molecule has 14 nitrogen and oxygen atoms in total. The summed E-state index contributed by atoms with van der Waals surface area (Å²) in [4.78, 5) is 50.4. The van der Waals surface area contributed by atoms with E-state index < -0.39 is 29.0 Å². The highest BCUT2D eigenvalue weighted by atomic mass is 16.5. The van der Waals surface area contributed by atoms with Crippen molar-refractivity contribution >= 4 is 29.7 Å². The van der Waals surface area contributed by atoms with Gasteiger partial charge < -0.3 is 25.0 Å². The number of amides is 3. The van der Waals surface area contributed by atoms with E-state index in [9.17, 15) is 14.4 Å². The van der Waals surface area contributed by atoms with E-state index in [2.05, 4.69) is 56.9 Å². The first-order chi connectivity index (χ1) is 24.1. The lowest BCUT2D eigenvalue weighted by molar-refractivity contribution is -0.111. The van der Waals surface area contributed by atoms with Crippen LogP contribution in [0.5, 0.6) is 5.75 Å². The fraction of sp³-hybridized carbons (Fsp3) is 0.432. The largest absolute Gasteiger partial charge is 0.480 e. The number of fused-ring (bicyclic) bond motifs is 2. The van der Waals surface area contributed by atoms with Crippen LogP contribution in [0.2, 0.25) is 0 Å². The molecular weight excluding hydrogens is 650 g/mol. The number of hydrogen-bond acceptors (Lipinski definition) is 10. The maximum Gasteiger partial charge on any atom is 0.321 e. The van der Waals surface area contributed by atoms with E-state index in [0.717, 1.165) is 12.4 Å². The highest BCUT2D eigenvalue weighted by Gasteiger charge is 2.38. The molecule has 0 saturated carbocycles. The number of rotatable bonds is 12. The maximum absolute atomic E-state index is 13.6. The van der Waals surface area contributed by atoms with Crippen LogP contribution in [0.15, 0.2) is 60.8 Å². The SMILES string of the molecule is COCCN(C)CCNC(=O)c1nc(NC(=O)N[C@@]2(C=O)C=C[C@@H](Oc3ccc4nnc(C(C)(C)C)n4c3)c3ccccc32)cc(C(C)(C)C)n1. The van der Waals surface area contributed by atoms with E-state index in [-0.39, 0.29) is 17.1 Å². The van der Waals surface area contributed by atoms with E-state index >= 15 is 0 Å². The molecule has 0 spiro atoms. The van der Waals surface area contributed by atoms with Crippen molar-refractivity contribution in [3.63, 3.8) is 0 Å². The number of anilines is 1. The number of nitrogens with one attached hydrogen (secondary N) is 3. The van der Waals surface area contributed by atoms with Crippen molar-refractivity contribution in [3.8, 4) is 5.75 Å². The minimum Gasteiger partial charge on any atom is -0.480 e. The van der Waals surface area contributed by atoms with Crippen molar-refractivity contribution in [2.75, 3.05) is 45.7 Å². The first kappa shape index (κ1) is 37.1. The lowest BCUT2D eigenvalue weighted by Gasteiger charge is -2.34. The molecule has 4 aromatic rings. The van der Waals surface area contributed by atoms with Gasteiger partial charge in [-0.05, 0) is 36.9 Å². The smallest absolute Gasteiger partial charge is 0.321 e. The summed E-state index contributed by atoms with van der Waals surface area (Å²) in [6.45, 7) is 14.3. The van der Waals surface area contributed by atoms with E-state index in [4.69, 9.17) is 9.47 Å². The Morgan fingerprint density at radius 2 is 1.78 bits per heavy atom. The zero-order valence-electron chi connectivity index (χ0n) is 30.5. The van der Waals surface area contributed by atoms with Gasteiger partial charge in [-0.2, -0.15) is 0 Å². The number of ether oxygens (including phenoxy) is 2. The zero-order chi connectivity index (χ0) is 37.0. The molecule has 1 aromatic carbocycles. The second-order valence-corrected chi connectivity index (χ2v) is 14.7. The third-order valence-corrected chi connectivity index (χ3v) is 8.46. The first-order valence-electron chi connectivity index (χ1n) is 16.8. The molecule has 1 aliphatic rings. The highest BCUT2D eigenvalue weighted by molar-refractivity contribution is 5.94. The number of pyridine rings is 1. The van der Waals surface area contributed by atoms with Gasteiger partial charge in [0.2, 0.25) is 5.82 Å². The van der Waals surface area contributed by atoms with Crippen molar-refractivity contribution in [3.05, 3.63) is 89.3 Å². The van der Waals surface area contributed by atoms with Crippen molar-refractivity contribution in [1.82, 2.24) is 40.1 Å². The molecule has 0 bridgehead atoms. The number of urea groups is 1. The van der Waals surface area contributed by atoms with Crippen molar-refractivity contribution in [1.29, 1.82) is 0 Å². The molecule has 270 valence electrons. The Morgan fingerprint density at radius 1 is 1.02 bits per heavy atom. The molecule has 3 N–H and O–H groups in total. The predicted octanol–water partition coefficient (Wildman–Crippen LogP) is 4.33. The molecule has 3 aromatic heterocycles. The molecule has 51 heavy (non-hydrogen) atoms. The van der Waals surface area contributed by atoms with Gasteiger partial charge in [-0.3, -0.25) is 19.3 Å². The van der Waals surface area contributed by atoms with Crippen LogP contribution in [0.4, 0.5) is 10.6 Å². The molecule has 0 unspecified atom stereocenters. The molecule has 5 rings (SSSR count). The zero-order valence-corrected chi connectivity index (χ0v) is 30.5. The summed E-state index contributed by atoms with van der Waals surface area (Å²) in [7, 11) is 3.57. The minimum absolute atomic E-state index is 0.0791. The number of aromatic nitrogens is 5. The quantitative estimate of drug-likeness (QED) is 0.143. The molecule has 14 heteroatoms. The Hall–Kier alpha value is -5.21. The van der Waals surface area contributed by atoms with Gasteiger partial charge in [0.1, 0.15) is 29.0 Å². The summed E-state index contributed by atoms with van der Waals surface area (Å²) in [6.07, 6.45) is 5.34. The molecule has 3 amide bonds. The van der Waals surface area contributed by atoms with Crippen LogP contribution in [-0.2, 0) is 25.9 Å². The second kappa shape index (κ2) is 15.0. The van der Waals surface area contributed by atoms with Gasteiger partial charge in [0, 0.05) is 49.2 Å². The Kier molecular flexibility index (Phi) is 10.9. The Morgan fingerprint density at radius 3 is 2.49 bits per heavy atom. The molecule has 1 aliphatic carbocycles. The number of aldehydes is 1. The third-order valence-electron chi connectivity index (χ3n) is 8.46. The van der Waals surface area contributed by atoms with Gasteiger partial charge in [0.25, 0.3) is 5.91 Å². The lowest BCUT2D eigenvalue weighted by atomic mass is 9.81. The topological polar surface area (TPSA) is 165 Å². The number of nitrogens with zero attached hydrogens (tertiary/aromatic N) is 6. The lowest BCUT2D eigenvalue weighted by Crippen LogP contribution is -2.49.